The van der Waals surface area contributed by atoms with Crippen molar-refractivity contribution >= 4 is 33.2 Å². The Morgan fingerprint density at radius 1 is 1.45 bits per heavy atom. The third-order valence-electron chi connectivity index (χ3n) is 4.67. The molecule has 29 heavy (non-hydrogen) atoms. The van der Waals surface area contributed by atoms with Gasteiger partial charge in [0.1, 0.15) is 4.21 Å². The highest BCUT2D eigenvalue weighted by Crippen LogP contribution is 2.33. The van der Waals surface area contributed by atoms with Crippen LogP contribution in [0, 0.1) is 0 Å². The average molecular weight is 440 g/mol. The maximum Gasteiger partial charge on any atom is 0.254 e. The quantitative estimate of drug-likeness (QED) is 0.616. The minimum absolute atomic E-state index is 0.186. The molecule has 0 saturated carbocycles. The summed E-state index contributed by atoms with van der Waals surface area (Å²) in [6, 6.07) is 3.33. The van der Waals surface area contributed by atoms with Gasteiger partial charge in [-0.15, -0.1) is 11.3 Å². The minimum atomic E-state index is -3.53. The number of methoxy groups -OCH3 is 1. The highest BCUT2D eigenvalue weighted by Gasteiger charge is 2.36. The molecule has 1 unspecified atom stereocenters. The molecule has 2 aromatic heterocycles. The smallest absolute Gasteiger partial charge is 0.254 e. The van der Waals surface area contributed by atoms with Crippen LogP contribution in [0.25, 0.3) is 0 Å². The lowest BCUT2D eigenvalue weighted by Crippen LogP contribution is -2.30. The fourth-order valence-corrected chi connectivity index (χ4v) is 5.80. The molecule has 3 heterocycles. The Bertz CT molecular complexity index is 947. The van der Waals surface area contributed by atoms with Gasteiger partial charge in [-0.2, -0.15) is 4.31 Å². The van der Waals surface area contributed by atoms with E-state index >= 15 is 0 Å². The van der Waals surface area contributed by atoms with E-state index in [1.54, 1.807) is 29.5 Å². The molecule has 1 saturated heterocycles. The van der Waals surface area contributed by atoms with E-state index < -0.39 is 10.0 Å². The lowest BCUT2D eigenvalue weighted by atomic mass is 10.00. The topological polar surface area (TPSA) is 105 Å². The summed E-state index contributed by atoms with van der Waals surface area (Å²) in [4.78, 5) is 23.3. The van der Waals surface area contributed by atoms with Crippen molar-refractivity contribution in [1.29, 1.82) is 0 Å². The maximum atomic E-state index is 12.8. The summed E-state index contributed by atoms with van der Waals surface area (Å²) in [5.41, 5.74) is 0.939. The molecule has 0 aromatic carbocycles. The van der Waals surface area contributed by atoms with Crippen LogP contribution in [0.4, 0.5) is 5.95 Å². The molecular formula is C18H25N5O4S2. The summed E-state index contributed by atoms with van der Waals surface area (Å²) < 4.78 is 32.4. The van der Waals surface area contributed by atoms with Gasteiger partial charge in [0.25, 0.3) is 15.9 Å². The summed E-state index contributed by atoms with van der Waals surface area (Å²) in [7, 11) is 1.67. The molecule has 0 aliphatic carbocycles. The van der Waals surface area contributed by atoms with Crippen LogP contribution in [0.2, 0.25) is 0 Å². The molecule has 158 valence electrons. The van der Waals surface area contributed by atoms with Crippen LogP contribution in [-0.4, -0.2) is 76.0 Å². The molecule has 1 aliphatic heterocycles. The highest BCUT2D eigenvalue weighted by atomic mass is 32.2. The van der Waals surface area contributed by atoms with Gasteiger partial charge in [0.05, 0.1) is 17.9 Å². The van der Waals surface area contributed by atoms with Crippen molar-refractivity contribution in [3.05, 3.63) is 35.0 Å². The zero-order valence-corrected chi connectivity index (χ0v) is 18.3. The number of ether oxygens (including phenoxy) is 1. The number of thiophene rings is 1. The molecular weight excluding hydrogens is 414 g/mol. The van der Waals surface area contributed by atoms with Crippen molar-refractivity contribution in [2.45, 2.75) is 16.5 Å². The van der Waals surface area contributed by atoms with Gasteiger partial charge in [0.2, 0.25) is 5.95 Å². The van der Waals surface area contributed by atoms with E-state index in [1.807, 2.05) is 14.1 Å². The summed E-state index contributed by atoms with van der Waals surface area (Å²) in [6.45, 7) is 1.43. The van der Waals surface area contributed by atoms with Crippen LogP contribution in [-0.2, 0) is 14.8 Å². The predicted octanol–water partition coefficient (Wildman–Crippen LogP) is 1.16. The first kappa shape index (κ1) is 21.6. The number of hydrogen-bond acceptors (Lipinski definition) is 8. The molecule has 1 amide bonds. The van der Waals surface area contributed by atoms with E-state index in [9.17, 15) is 13.2 Å². The maximum absolute atomic E-state index is 12.8. The molecule has 1 N–H and O–H groups in total. The second-order valence-electron chi connectivity index (χ2n) is 6.89. The van der Waals surface area contributed by atoms with Crippen molar-refractivity contribution in [2.75, 3.05) is 52.3 Å². The van der Waals surface area contributed by atoms with Gasteiger partial charge in [0.15, 0.2) is 0 Å². The fourth-order valence-electron chi connectivity index (χ4n) is 3.16. The average Bonchev–Trinajstić information content (AvgIpc) is 3.40. The van der Waals surface area contributed by atoms with Crippen LogP contribution in [0.1, 0.15) is 28.4 Å². The Morgan fingerprint density at radius 2 is 2.24 bits per heavy atom. The number of aromatic nitrogens is 2. The molecule has 11 heteroatoms. The number of rotatable bonds is 8. The lowest BCUT2D eigenvalue weighted by Gasteiger charge is -2.19. The number of hydrogen-bond donors (Lipinski definition) is 1. The van der Waals surface area contributed by atoms with Crippen LogP contribution in [0.5, 0.6) is 0 Å². The first-order chi connectivity index (χ1) is 13.8. The van der Waals surface area contributed by atoms with Crippen molar-refractivity contribution in [2.24, 2.45) is 0 Å². The van der Waals surface area contributed by atoms with E-state index in [4.69, 9.17) is 4.74 Å². The third kappa shape index (κ3) is 4.74. The second-order valence-corrected chi connectivity index (χ2v) is 10.0. The van der Waals surface area contributed by atoms with Crippen molar-refractivity contribution in [3.63, 3.8) is 0 Å². The summed E-state index contributed by atoms with van der Waals surface area (Å²) >= 11 is 1.20. The Hall–Kier alpha value is -2.08. The standard InChI is InChI=1S/C18H25N5O4S2/c1-22(2)18-20-11-14(17(24)19-7-9-27-3)16(21-18)13-6-8-23(12-13)29(25,26)15-5-4-10-28-15/h4-5,10-11,13H,6-9,12H2,1-3H3,(H,19,24). The molecule has 3 rings (SSSR count). The van der Waals surface area contributed by atoms with E-state index in [0.717, 1.165) is 0 Å². The molecule has 0 radical (unpaired) electrons. The monoisotopic (exact) mass is 439 g/mol. The first-order valence-electron chi connectivity index (χ1n) is 9.19. The van der Waals surface area contributed by atoms with Gasteiger partial charge in [0, 0.05) is 53.0 Å². The van der Waals surface area contributed by atoms with Crippen LogP contribution in [0.15, 0.2) is 27.9 Å². The van der Waals surface area contributed by atoms with E-state index in [0.29, 0.717) is 47.5 Å². The largest absolute Gasteiger partial charge is 0.383 e. The van der Waals surface area contributed by atoms with Crippen LogP contribution >= 0.6 is 11.3 Å². The van der Waals surface area contributed by atoms with Gasteiger partial charge < -0.3 is 15.0 Å². The summed E-state index contributed by atoms with van der Waals surface area (Å²) in [5.74, 6) is 0.00420. The second kappa shape index (κ2) is 9.16. The number of nitrogens with one attached hydrogen (secondary N) is 1. The number of sulfonamides is 1. The van der Waals surface area contributed by atoms with Gasteiger partial charge in [-0.25, -0.2) is 18.4 Å². The Balaban J connectivity index is 1.86. The Kier molecular flexibility index (Phi) is 6.83. The van der Waals surface area contributed by atoms with Crippen LogP contribution < -0.4 is 10.2 Å². The number of carbonyl (C=O) groups excluding carboxylic acids is 1. The van der Waals surface area contributed by atoms with E-state index in [2.05, 4.69) is 15.3 Å². The zero-order valence-electron chi connectivity index (χ0n) is 16.7. The summed E-state index contributed by atoms with van der Waals surface area (Å²) in [5, 5.41) is 4.54. The third-order valence-corrected chi connectivity index (χ3v) is 7.91. The first-order valence-corrected chi connectivity index (χ1v) is 11.5. The normalized spacial score (nSPS) is 17.4. The fraction of sp³-hybridized carbons (Fsp3) is 0.500. The predicted molar refractivity (Wildman–Crippen MR) is 111 cm³/mol. The zero-order chi connectivity index (χ0) is 21.0. The van der Waals surface area contributed by atoms with Gasteiger partial charge in [-0.05, 0) is 17.9 Å². The molecule has 1 atom stereocenters. The Labute approximate surface area is 174 Å². The number of amides is 1. The molecule has 2 aromatic rings. The van der Waals surface area contributed by atoms with Crippen molar-refractivity contribution in [3.8, 4) is 0 Å². The van der Waals surface area contributed by atoms with E-state index in [1.165, 1.54) is 21.8 Å². The molecule has 0 spiro atoms. The lowest BCUT2D eigenvalue weighted by molar-refractivity contribution is 0.0935. The SMILES string of the molecule is COCCNC(=O)c1cnc(N(C)C)nc1C1CCN(S(=O)(=O)c2cccs2)C1. The molecule has 0 bridgehead atoms. The molecule has 9 nitrogen and oxygen atoms in total. The highest BCUT2D eigenvalue weighted by molar-refractivity contribution is 7.91. The van der Waals surface area contributed by atoms with Gasteiger partial charge in [-0.1, -0.05) is 6.07 Å². The molecule has 1 aliphatic rings. The summed E-state index contributed by atoms with van der Waals surface area (Å²) in [6.07, 6.45) is 2.10. The Morgan fingerprint density at radius 3 is 2.90 bits per heavy atom. The number of carbonyl (C=O) groups is 1. The van der Waals surface area contributed by atoms with Crippen LogP contribution in [0.3, 0.4) is 0 Å². The van der Waals surface area contributed by atoms with E-state index in [-0.39, 0.29) is 18.4 Å². The van der Waals surface area contributed by atoms with Gasteiger partial charge in [-0.3, -0.25) is 4.79 Å². The number of nitrogens with zero attached hydrogens (tertiary/aromatic N) is 4. The number of anilines is 1. The van der Waals surface area contributed by atoms with Crippen molar-refractivity contribution in [1.82, 2.24) is 19.6 Å². The minimum Gasteiger partial charge on any atom is -0.383 e. The molecule has 1 fully saturated rings. The van der Waals surface area contributed by atoms with Gasteiger partial charge >= 0.3 is 0 Å². The van der Waals surface area contributed by atoms with Crippen molar-refractivity contribution < 1.29 is 17.9 Å².